The number of rotatable bonds is 5. The molecule has 0 bridgehead atoms. The lowest BCUT2D eigenvalue weighted by molar-refractivity contribution is -0.123. The molecule has 1 unspecified atom stereocenters. The molecule has 0 fully saturated rings. The molecule has 9 heteroatoms. The highest BCUT2D eigenvalue weighted by molar-refractivity contribution is 7.17. The molecule has 0 radical (unpaired) electrons. The second-order valence-electron chi connectivity index (χ2n) is 6.95. The highest BCUT2D eigenvalue weighted by atomic mass is 32.1. The number of ether oxygens (including phenoxy) is 2. The van der Waals surface area contributed by atoms with E-state index >= 15 is 0 Å². The van der Waals surface area contributed by atoms with E-state index in [1.807, 2.05) is 0 Å². The van der Waals surface area contributed by atoms with Crippen molar-refractivity contribution in [3.05, 3.63) is 46.2 Å². The van der Waals surface area contributed by atoms with Crippen LogP contribution in [-0.2, 0) is 27.1 Å². The normalized spacial score (nSPS) is 14.1. The first kappa shape index (κ1) is 20.1. The summed E-state index contributed by atoms with van der Waals surface area (Å²) in [7, 11) is 1.32. The van der Waals surface area contributed by atoms with Gasteiger partial charge in [-0.25, -0.2) is 14.6 Å². The molecule has 0 saturated heterocycles. The number of hydrogen-bond acceptors (Lipinski definition) is 8. The first-order valence-corrected chi connectivity index (χ1v) is 10.4. The van der Waals surface area contributed by atoms with Gasteiger partial charge in [-0.1, -0.05) is 6.07 Å². The van der Waals surface area contributed by atoms with Gasteiger partial charge in [0.15, 0.2) is 18.1 Å². The Bertz CT molecular complexity index is 1130. The van der Waals surface area contributed by atoms with E-state index < -0.39 is 23.9 Å². The Balaban J connectivity index is 1.51. The zero-order valence-corrected chi connectivity index (χ0v) is 17.3. The van der Waals surface area contributed by atoms with Gasteiger partial charge in [-0.05, 0) is 50.3 Å². The number of amides is 1. The van der Waals surface area contributed by atoms with Crippen LogP contribution in [-0.4, -0.2) is 36.0 Å². The first-order valence-electron chi connectivity index (χ1n) is 9.56. The van der Waals surface area contributed by atoms with Crippen LogP contribution in [0.3, 0.4) is 0 Å². The standard InChI is InChI=1S/C21H20N2O6S/c1-11(29-20(25)13-7-5-8-14-17(13)22-10-28-14)18(24)23-19-16(21(26)27-2)12-6-3-4-9-15(12)30-19/h5,7-8,10-11H,3-4,6,9H2,1-2H3,(H,23,24). The van der Waals surface area contributed by atoms with E-state index in [1.54, 1.807) is 18.2 Å². The lowest BCUT2D eigenvalue weighted by Crippen LogP contribution is -2.30. The van der Waals surface area contributed by atoms with Gasteiger partial charge in [-0.3, -0.25) is 4.79 Å². The summed E-state index contributed by atoms with van der Waals surface area (Å²) in [6, 6.07) is 4.89. The van der Waals surface area contributed by atoms with Crippen molar-refractivity contribution in [2.45, 2.75) is 38.7 Å². The molecule has 3 aromatic rings. The Kier molecular flexibility index (Phi) is 5.54. The number of nitrogens with one attached hydrogen (secondary N) is 1. The summed E-state index contributed by atoms with van der Waals surface area (Å²) >= 11 is 1.37. The van der Waals surface area contributed by atoms with E-state index in [1.165, 1.54) is 31.8 Å². The predicted molar refractivity (Wildman–Crippen MR) is 110 cm³/mol. The molecule has 156 valence electrons. The van der Waals surface area contributed by atoms with Crippen LogP contribution < -0.4 is 5.32 Å². The van der Waals surface area contributed by atoms with Crippen LogP contribution in [0.5, 0.6) is 0 Å². The average Bonchev–Trinajstić information content (AvgIpc) is 3.37. The SMILES string of the molecule is COC(=O)c1c(NC(=O)C(C)OC(=O)c2cccc3ocnc23)sc2c1CCCC2. The first-order chi connectivity index (χ1) is 14.5. The molecule has 2 aromatic heterocycles. The van der Waals surface area contributed by atoms with Gasteiger partial charge in [0.05, 0.1) is 18.2 Å². The number of para-hydroxylation sites is 1. The smallest absolute Gasteiger partial charge is 0.341 e. The number of hydrogen-bond donors (Lipinski definition) is 1. The van der Waals surface area contributed by atoms with Crippen LogP contribution in [0.2, 0.25) is 0 Å². The zero-order valence-electron chi connectivity index (χ0n) is 16.5. The lowest BCUT2D eigenvalue weighted by atomic mass is 9.95. The van der Waals surface area contributed by atoms with Crippen molar-refractivity contribution in [1.82, 2.24) is 4.98 Å². The average molecular weight is 428 g/mol. The third-order valence-corrected chi connectivity index (χ3v) is 6.24. The third-order valence-electron chi connectivity index (χ3n) is 5.03. The number of aromatic nitrogens is 1. The molecule has 1 N–H and O–H groups in total. The van der Waals surface area contributed by atoms with Crippen LogP contribution in [0.25, 0.3) is 11.1 Å². The number of oxazole rings is 1. The number of carbonyl (C=O) groups excluding carboxylic acids is 3. The van der Waals surface area contributed by atoms with Gasteiger partial charge >= 0.3 is 11.9 Å². The van der Waals surface area contributed by atoms with Gasteiger partial charge in [0.25, 0.3) is 5.91 Å². The van der Waals surface area contributed by atoms with E-state index in [4.69, 9.17) is 13.9 Å². The Morgan fingerprint density at radius 1 is 1.20 bits per heavy atom. The Hall–Kier alpha value is -3.20. The summed E-state index contributed by atoms with van der Waals surface area (Å²) in [4.78, 5) is 42.7. The molecule has 0 aliphatic heterocycles. The molecule has 4 rings (SSSR count). The van der Waals surface area contributed by atoms with Gasteiger partial charge in [0.1, 0.15) is 10.5 Å². The molecule has 1 aliphatic carbocycles. The van der Waals surface area contributed by atoms with Gasteiger partial charge in [0.2, 0.25) is 0 Å². The second-order valence-corrected chi connectivity index (χ2v) is 8.05. The summed E-state index contributed by atoms with van der Waals surface area (Å²) in [6.45, 7) is 1.47. The van der Waals surface area contributed by atoms with Crippen molar-refractivity contribution in [2.24, 2.45) is 0 Å². The number of methoxy groups -OCH3 is 1. The molecule has 2 heterocycles. The zero-order chi connectivity index (χ0) is 21.3. The van der Waals surface area contributed by atoms with Gasteiger partial charge in [-0.15, -0.1) is 11.3 Å². The van der Waals surface area contributed by atoms with E-state index in [2.05, 4.69) is 10.3 Å². The third kappa shape index (κ3) is 3.68. The molecule has 1 aromatic carbocycles. The van der Waals surface area contributed by atoms with E-state index in [0.29, 0.717) is 21.7 Å². The number of anilines is 1. The maximum absolute atomic E-state index is 12.7. The minimum Gasteiger partial charge on any atom is -0.465 e. The maximum atomic E-state index is 12.7. The molecule has 1 atom stereocenters. The molecule has 1 amide bonds. The fourth-order valence-corrected chi connectivity index (χ4v) is 4.79. The van der Waals surface area contributed by atoms with Crippen molar-refractivity contribution in [3.63, 3.8) is 0 Å². The Labute approximate surface area is 176 Å². The highest BCUT2D eigenvalue weighted by Gasteiger charge is 2.29. The molecule has 0 saturated carbocycles. The van der Waals surface area contributed by atoms with Crippen LogP contribution >= 0.6 is 11.3 Å². The molecular formula is C21H20N2O6S. The van der Waals surface area contributed by atoms with Gasteiger partial charge in [0, 0.05) is 4.88 Å². The lowest BCUT2D eigenvalue weighted by Gasteiger charge is -2.14. The Morgan fingerprint density at radius 2 is 2.00 bits per heavy atom. The van der Waals surface area contributed by atoms with Gasteiger partial charge < -0.3 is 19.2 Å². The summed E-state index contributed by atoms with van der Waals surface area (Å²) in [5.74, 6) is -1.69. The van der Waals surface area contributed by atoms with E-state index in [0.717, 1.165) is 36.1 Å². The number of carbonyl (C=O) groups is 3. The van der Waals surface area contributed by atoms with Crippen LogP contribution in [0.15, 0.2) is 29.0 Å². The van der Waals surface area contributed by atoms with Crippen LogP contribution in [0.4, 0.5) is 5.00 Å². The largest absolute Gasteiger partial charge is 0.465 e. The topological polar surface area (TPSA) is 108 Å². The predicted octanol–water partition coefficient (Wildman–Crippen LogP) is 3.74. The number of nitrogens with zero attached hydrogens (tertiary/aromatic N) is 1. The molecule has 1 aliphatic rings. The van der Waals surface area contributed by atoms with Crippen molar-refractivity contribution in [1.29, 1.82) is 0 Å². The molecular weight excluding hydrogens is 408 g/mol. The monoisotopic (exact) mass is 428 g/mol. The Morgan fingerprint density at radius 3 is 2.80 bits per heavy atom. The highest BCUT2D eigenvalue weighted by Crippen LogP contribution is 2.38. The maximum Gasteiger partial charge on any atom is 0.341 e. The number of esters is 2. The quantitative estimate of drug-likeness (QED) is 0.617. The summed E-state index contributed by atoms with van der Waals surface area (Å²) < 4.78 is 15.4. The van der Waals surface area contributed by atoms with Crippen molar-refractivity contribution in [2.75, 3.05) is 12.4 Å². The summed E-state index contributed by atoms with van der Waals surface area (Å²) in [6.07, 6.45) is 3.84. The molecule has 30 heavy (non-hydrogen) atoms. The van der Waals surface area contributed by atoms with Crippen molar-refractivity contribution in [3.8, 4) is 0 Å². The summed E-state index contributed by atoms with van der Waals surface area (Å²) in [5.41, 5.74) is 2.37. The van der Waals surface area contributed by atoms with Gasteiger partial charge in [-0.2, -0.15) is 0 Å². The second kappa shape index (κ2) is 8.27. The van der Waals surface area contributed by atoms with Crippen LogP contribution in [0.1, 0.15) is 50.9 Å². The number of thiophene rings is 1. The fraction of sp³-hybridized carbons (Fsp3) is 0.333. The van der Waals surface area contributed by atoms with Crippen molar-refractivity contribution < 1.29 is 28.3 Å². The fourth-order valence-electron chi connectivity index (χ4n) is 3.51. The number of benzene rings is 1. The van der Waals surface area contributed by atoms with Crippen molar-refractivity contribution >= 4 is 45.3 Å². The molecule has 8 nitrogen and oxygen atoms in total. The summed E-state index contributed by atoms with van der Waals surface area (Å²) in [5, 5.41) is 3.17. The van der Waals surface area contributed by atoms with E-state index in [9.17, 15) is 14.4 Å². The van der Waals surface area contributed by atoms with E-state index in [-0.39, 0.29) is 5.56 Å². The van der Waals surface area contributed by atoms with Crippen LogP contribution in [0, 0.1) is 0 Å². The minimum absolute atomic E-state index is 0.211. The number of aryl methyl sites for hydroxylation is 1. The molecule has 0 spiro atoms. The minimum atomic E-state index is -1.08. The number of fused-ring (bicyclic) bond motifs is 2.